The molecule has 1 amide bonds. The van der Waals surface area contributed by atoms with Crippen LogP contribution in [0, 0.1) is 12.8 Å². The van der Waals surface area contributed by atoms with E-state index in [1.165, 1.54) is 5.56 Å². The molecule has 4 rings (SSSR count). The van der Waals surface area contributed by atoms with Crippen LogP contribution >= 0.6 is 0 Å². The third kappa shape index (κ3) is 6.63. The lowest BCUT2D eigenvalue weighted by Gasteiger charge is -2.10. The van der Waals surface area contributed by atoms with Gasteiger partial charge in [-0.15, -0.1) is 0 Å². The van der Waals surface area contributed by atoms with E-state index in [1.807, 2.05) is 67.6 Å². The van der Waals surface area contributed by atoms with Gasteiger partial charge >= 0.3 is 0 Å². The Morgan fingerprint density at radius 1 is 1.06 bits per heavy atom. The predicted molar refractivity (Wildman–Crippen MR) is 144 cm³/mol. The lowest BCUT2D eigenvalue weighted by molar-refractivity contribution is 0.0948. The van der Waals surface area contributed by atoms with Gasteiger partial charge in [-0.05, 0) is 55.4 Å². The summed E-state index contributed by atoms with van der Waals surface area (Å²) in [5.74, 6) is 0.436. The highest BCUT2D eigenvalue weighted by Crippen LogP contribution is 2.12. The Bertz CT molecular complexity index is 1360. The van der Waals surface area contributed by atoms with Crippen molar-refractivity contribution in [1.82, 2.24) is 10.3 Å². The van der Waals surface area contributed by atoms with Gasteiger partial charge in [-0.25, -0.2) is 0 Å². The number of hydrogen-bond acceptors (Lipinski definition) is 3. The Kier molecular flexibility index (Phi) is 8.04. The highest BCUT2D eigenvalue weighted by Gasteiger charge is 2.12. The molecule has 180 valence electrons. The molecule has 0 spiro atoms. The Balaban J connectivity index is 0.00000361. The van der Waals surface area contributed by atoms with Crippen LogP contribution < -0.4 is 15.9 Å². The topological polar surface area (TPSA) is 59.1 Å². The van der Waals surface area contributed by atoms with Crippen LogP contribution in [0.4, 0.5) is 0 Å². The number of Topliss-reactive ketones (excluding diaryl/α,β-unsaturated/α-hetero) is 1. The number of carbonyl (C=O) groups is 2. The number of hydrogen-bond donors (Lipinski definition) is 1. The van der Waals surface area contributed by atoms with Crippen molar-refractivity contribution in [2.45, 2.75) is 46.1 Å². The van der Waals surface area contributed by atoms with Gasteiger partial charge in [0, 0.05) is 25.2 Å². The molecule has 4 nitrogen and oxygen atoms in total. The number of nitrogens with one attached hydrogen (secondary N) is 1. The van der Waals surface area contributed by atoms with Crippen molar-refractivity contribution in [2.75, 3.05) is 0 Å². The van der Waals surface area contributed by atoms with Crippen LogP contribution in [0.15, 0.2) is 72.8 Å². The molecule has 1 heterocycles. The monoisotopic (exact) mass is 466 g/mol. The number of fused-ring (bicyclic) bond motifs is 1. The molecule has 0 aliphatic heterocycles. The van der Waals surface area contributed by atoms with Crippen LogP contribution in [-0.4, -0.2) is 16.7 Å². The minimum Gasteiger partial charge on any atom is -0.348 e. The minimum atomic E-state index is -0.162. The summed E-state index contributed by atoms with van der Waals surface area (Å²) in [6.07, 6.45) is 11.5. The van der Waals surface area contributed by atoms with Gasteiger partial charge in [-0.3, -0.25) is 14.6 Å². The van der Waals surface area contributed by atoms with E-state index in [-0.39, 0.29) is 13.1 Å². The standard InChI is InChI=1S/C31H32N2O2.H2/c1-22-9-6-14-26-20-28(23(2)33-29(26)18-17-22)31(35)32-21-25-13-7-15-27(19-25)30(34)16-8-12-24-10-4-3-5-11-24;/h3-7,9-11,13-15,18-20,22H,8,12,16-17,21H2,1-2H3,(H,32,35);1H/b9-6-,26-14-,29-18-;. The number of nitrogens with zero attached hydrogens (tertiary/aromatic N) is 1. The molecule has 35 heavy (non-hydrogen) atoms. The Labute approximate surface area is 208 Å². The number of allylic oxidation sites excluding steroid dienone is 2. The van der Waals surface area contributed by atoms with Gasteiger partial charge < -0.3 is 5.32 Å². The van der Waals surface area contributed by atoms with Crippen LogP contribution in [0.1, 0.15) is 65.1 Å². The summed E-state index contributed by atoms with van der Waals surface area (Å²) < 4.78 is 0. The summed E-state index contributed by atoms with van der Waals surface area (Å²) >= 11 is 0. The molecule has 0 fully saturated rings. The second-order valence-electron chi connectivity index (χ2n) is 9.21. The number of ketones is 1. The number of pyridine rings is 1. The lowest BCUT2D eigenvalue weighted by Crippen LogP contribution is -2.34. The van der Waals surface area contributed by atoms with Gasteiger partial charge in [-0.2, -0.15) is 0 Å². The fourth-order valence-corrected chi connectivity index (χ4v) is 4.27. The van der Waals surface area contributed by atoms with E-state index in [9.17, 15) is 9.59 Å². The molecule has 1 unspecified atom stereocenters. The molecule has 0 saturated heterocycles. The fraction of sp³-hybridized carbons (Fsp3) is 0.258. The van der Waals surface area contributed by atoms with Crippen LogP contribution in [0.3, 0.4) is 0 Å². The van der Waals surface area contributed by atoms with Crippen molar-refractivity contribution < 1.29 is 11.0 Å². The van der Waals surface area contributed by atoms with Crippen LogP contribution in [0.25, 0.3) is 12.2 Å². The second-order valence-corrected chi connectivity index (χ2v) is 9.21. The molecule has 0 saturated carbocycles. The maximum Gasteiger partial charge on any atom is 0.253 e. The van der Waals surface area contributed by atoms with E-state index >= 15 is 0 Å². The van der Waals surface area contributed by atoms with Crippen molar-refractivity contribution in [2.24, 2.45) is 5.92 Å². The Morgan fingerprint density at radius 2 is 1.86 bits per heavy atom. The van der Waals surface area contributed by atoms with Gasteiger partial charge in [0.1, 0.15) is 0 Å². The second kappa shape index (κ2) is 11.6. The SMILES string of the molecule is Cc1nc2/c(cc1C(=O)NCc1cccc(C(=O)CCCc3ccccc3)c1)=C\C=C/C(C)C/C=2.[HH]. The van der Waals surface area contributed by atoms with E-state index < -0.39 is 0 Å². The van der Waals surface area contributed by atoms with E-state index in [1.54, 1.807) is 0 Å². The van der Waals surface area contributed by atoms with Crippen molar-refractivity contribution in [3.05, 3.63) is 111 Å². The number of aryl methyl sites for hydroxylation is 2. The Morgan fingerprint density at radius 3 is 2.69 bits per heavy atom. The zero-order valence-corrected chi connectivity index (χ0v) is 20.5. The average Bonchev–Trinajstić information content (AvgIpc) is 2.86. The molecule has 3 aromatic rings. The van der Waals surface area contributed by atoms with Crippen LogP contribution in [0.2, 0.25) is 0 Å². The summed E-state index contributed by atoms with van der Waals surface area (Å²) in [6.45, 7) is 4.40. The minimum absolute atomic E-state index is 0. The first-order chi connectivity index (χ1) is 17.0. The van der Waals surface area contributed by atoms with E-state index in [2.05, 4.69) is 41.5 Å². The fourth-order valence-electron chi connectivity index (χ4n) is 4.27. The summed E-state index contributed by atoms with van der Waals surface area (Å²) in [5, 5.41) is 4.87. The summed E-state index contributed by atoms with van der Waals surface area (Å²) in [5.41, 5.74) is 4.13. The summed E-state index contributed by atoms with van der Waals surface area (Å²) in [6, 6.07) is 19.7. The molecule has 0 radical (unpaired) electrons. The average molecular weight is 467 g/mol. The summed E-state index contributed by atoms with van der Waals surface area (Å²) in [7, 11) is 0. The van der Waals surface area contributed by atoms with Gasteiger partial charge in [-0.1, -0.05) is 79.8 Å². The number of aromatic nitrogens is 1. The zero-order valence-electron chi connectivity index (χ0n) is 20.5. The lowest BCUT2D eigenvalue weighted by atomic mass is 10.0. The van der Waals surface area contributed by atoms with Crippen molar-refractivity contribution >= 4 is 23.8 Å². The highest BCUT2D eigenvalue weighted by molar-refractivity contribution is 5.96. The molecule has 1 N–H and O–H groups in total. The Hall–Kier alpha value is -3.79. The quantitative estimate of drug-likeness (QED) is 0.479. The van der Waals surface area contributed by atoms with Crippen LogP contribution in [-0.2, 0) is 13.0 Å². The van der Waals surface area contributed by atoms with E-state index in [4.69, 9.17) is 0 Å². The third-order valence-electron chi connectivity index (χ3n) is 6.33. The zero-order chi connectivity index (χ0) is 24.6. The van der Waals surface area contributed by atoms with Gasteiger partial charge in [0.15, 0.2) is 5.78 Å². The largest absolute Gasteiger partial charge is 0.348 e. The molecule has 1 atom stereocenters. The maximum atomic E-state index is 13.0. The third-order valence-corrected chi connectivity index (χ3v) is 6.33. The molecular formula is C31H34N2O2. The molecule has 2 aromatic carbocycles. The maximum absolute atomic E-state index is 13.0. The summed E-state index contributed by atoms with van der Waals surface area (Å²) in [4.78, 5) is 30.3. The first-order valence-corrected chi connectivity index (χ1v) is 12.3. The number of carbonyl (C=O) groups excluding carboxylic acids is 2. The molecule has 1 aliphatic rings. The predicted octanol–water partition coefficient (Wildman–Crippen LogP) is 4.93. The number of rotatable bonds is 8. The first-order valence-electron chi connectivity index (χ1n) is 12.3. The normalized spacial score (nSPS) is 17.5. The van der Waals surface area contributed by atoms with Gasteiger partial charge in [0.25, 0.3) is 5.91 Å². The first kappa shape index (κ1) is 24.3. The molecular weight excluding hydrogens is 432 g/mol. The molecule has 1 aliphatic carbocycles. The van der Waals surface area contributed by atoms with Gasteiger partial charge in [0.2, 0.25) is 0 Å². The van der Waals surface area contributed by atoms with Crippen molar-refractivity contribution in [1.29, 1.82) is 0 Å². The van der Waals surface area contributed by atoms with E-state index in [0.29, 0.717) is 35.7 Å². The molecule has 4 heteroatoms. The molecule has 1 aromatic heterocycles. The molecule has 0 bridgehead atoms. The number of amides is 1. The highest BCUT2D eigenvalue weighted by atomic mass is 16.1. The van der Waals surface area contributed by atoms with E-state index in [0.717, 1.165) is 35.4 Å². The van der Waals surface area contributed by atoms with Gasteiger partial charge in [0.05, 0.1) is 16.6 Å². The number of benzene rings is 2. The van der Waals surface area contributed by atoms with Crippen molar-refractivity contribution in [3.8, 4) is 0 Å². The smallest absolute Gasteiger partial charge is 0.253 e. The van der Waals surface area contributed by atoms with Crippen LogP contribution in [0.5, 0.6) is 0 Å². The van der Waals surface area contributed by atoms with Crippen molar-refractivity contribution in [3.63, 3.8) is 0 Å².